The van der Waals surface area contributed by atoms with Crippen LogP contribution in [-0.4, -0.2) is 9.38 Å². The number of ether oxygens (including phenoxy) is 1. The van der Waals surface area contributed by atoms with Gasteiger partial charge in [0.25, 0.3) is 5.56 Å². The SMILES string of the molecule is Cc1ccccc1OCc1cc(=O)n2cc(Br)ccc2n1. The van der Waals surface area contributed by atoms with Gasteiger partial charge in [0, 0.05) is 16.7 Å². The zero-order valence-electron chi connectivity index (χ0n) is 11.4. The minimum absolute atomic E-state index is 0.121. The summed E-state index contributed by atoms with van der Waals surface area (Å²) in [6, 6.07) is 12.9. The van der Waals surface area contributed by atoms with Crippen LogP contribution in [0.3, 0.4) is 0 Å². The van der Waals surface area contributed by atoms with Gasteiger partial charge in [-0.3, -0.25) is 9.20 Å². The van der Waals surface area contributed by atoms with E-state index in [4.69, 9.17) is 4.74 Å². The third-order valence-electron chi connectivity index (χ3n) is 3.15. The second-order valence-electron chi connectivity index (χ2n) is 4.72. The summed E-state index contributed by atoms with van der Waals surface area (Å²) in [6.07, 6.45) is 1.71. The lowest BCUT2D eigenvalue weighted by Gasteiger charge is -2.09. The summed E-state index contributed by atoms with van der Waals surface area (Å²) in [5.41, 5.74) is 2.16. The molecular weight excluding hydrogens is 332 g/mol. The number of hydrogen-bond donors (Lipinski definition) is 0. The van der Waals surface area contributed by atoms with E-state index in [2.05, 4.69) is 20.9 Å². The molecule has 0 aliphatic heterocycles. The van der Waals surface area contributed by atoms with E-state index in [1.165, 1.54) is 10.5 Å². The third-order valence-corrected chi connectivity index (χ3v) is 3.61. The highest BCUT2D eigenvalue weighted by molar-refractivity contribution is 9.10. The van der Waals surface area contributed by atoms with E-state index in [0.717, 1.165) is 15.8 Å². The molecule has 5 heteroatoms. The quantitative estimate of drug-likeness (QED) is 0.731. The van der Waals surface area contributed by atoms with Crippen LogP contribution in [-0.2, 0) is 6.61 Å². The van der Waals surface area contributed by atoms with Crippen LogP contribution in [0.2, 0.25) is 0 Å². The van der Waals surface area contributed by atoms with Crippen molar-refractivity contribution < 1.29 is 4.74 Å². The molecular formula is C16H13BrN2O2. The summed E-state index contributed by atoms with van der Waals surface area (Å²) in [6.45, 7) is 2.25. The first-order valence-electron chi connectivity index (χ1n) is 6.50. The summed E-state index contributed by atoms with van der Waals surface area (Å²) >= 11 is 3.34. The fourth-order valence-electron chi connectivity index (χ4n) is 2.07. The van der Waals surface area contributed by atoms with E-state index >= 15 is 0 Å². The molecule has 2 aromatic heterocycles. The first kappa shape index (κ1) is 13.8. The Hall–Kier alpha value is -2.14. The van der Waals surface area contributed by atoms with Crippen molar-refractivity contribution in [3.8, 4) is 5.75 Å². The van der Waals surface area contributed by atoms with Crippen molar-refractivity contribution in [2.24, 2.45) is 0 Å². The molecule has 0 saturated carbocycles. The topological polar surface area (TPSA) is 43.6 Å². The van der Waals surface area contributed by atoms with Crippen molar-refractivity contribution in [2.75, 3.05) is 0 Å². The van der Waals surface area contributed by atoms with Gasteiger partial charge in [-0.05, 0) is 46.6 Å². The summed E-state index contributed by atoms with van der Waals surface area (Å²) in [7, 11) is 0. The first-order chi connectivity index (χ1) is 10.1. The van der Waals surface area contributed by atoms with Crippen LogP contribution >= 0.6 is 15.9 Å². The molecule has 0 N–H and O–H groups in total. The molecule has 0 radical (unpaired) electrons. The minimum Gasteiger partial charge on any atom is -0.487 e. The Kier molecular flexibility index (Phi) is 3.75. The van der Waals surface area contributed by atoms with Gasteiger partial charge < -0.3 is 4.74 Å². The van der Waals surface area contributed by atoms with Crippen LogP contribution < -0.4 is 10.3 Å². The van der Waals surface area contributed by atoms with E-state index < -0.39 is 0 Å². The molecule has 0 amide bonds. The second kappa shape index (κ2) is 5.69. The van der Waals surface area contributed by atoms with Gasteiger partial charge in [0.15, 0.2) is 0 Å². The van der Waals surface area contributed by atoms with Crippen molar-refractivity contribution >= 4 is 21.6 Å². The first-order valence-corrected chi connectivity index (χ1v) is 7.29. The normalized spacial score (nSPS) is 10.8. The fraction of sp³-hybridized carbons (Fsp3) is 0.125. The molecule has 4 nitrogen and oxygen atoms in total. The molecule has 0 atom stereocenters. The maximum Gasteiger partial charge on any atom is 0.258 e. The van der Waals surface area contributed by atoms with Gasteiger partial charge in [-0.15, -0.1) is 0 Å². The third kappa shape index (κ3) is 2.97. The number of pyridine rings is 1. The van der Waals surface area contributed by atoms with Gasteiger partial charge in [0.1, 0.15) is 18.0 Å². The number of benzene rings is 1. The summed E-state index contributed by atoms with van der Waals surface area (Å²) in [5.74, 6) is 0.801. The summed E-state index contributed by atoms with van der Waals surface area (Å²) in [4.78, 5) is 16.5. The van der Waals surface area contributed by atoms with Crippen molar-refractivity contribution in [3.05, 3.63) is 74.7 Å². The van der Waals surface area contributed by atoms with Gasteiger partial charge in [0.05, 0.1) is 5.69 Å². The number of fused-ring (bicyclic) bond motifs is 1. The van der Waals surface area contributed by atoms with Gasteiger partial charge >= 0.3 is 0 Å². The molecule has 0 fully saturated rings. The fourth-order valence-corrected chi connectivity index (χ4v) is 2.41. The number of aromatic nitrogens is 2. The molecule has 0 aliphatic carbocycles. The van der Waals surface area contributed by atoms with Crippen LogP contribution in [0.5, 0.6) is 5.75 Å². The van der Waals surface area contributed by atoms with Crippen molar-refractivity contribution in [2.45, 2.75) is 13.5 Å². The average Bonchev–Trinajstić information content (AvgIpc) is 2.47. The highest BCUT2D eigenvalue weighted by Crippen LogP contribution is 2.17. The van der Waals surface area contributed by atoms with Gasteiger partial charge in [0.2, 0.25) is 0 Å². The maximum atomic E-state index is 12.1. The number of halogens is 1. The lowest BCUT2D eigenvalue weighted by Crippen LogP contribution is -2.16. The van der Waals surface area contributed by atoms with E-state index in [1.54, 1.807) is 12.3 Å². The van der Waals surface area contributed by atoms with E-state index in [1.807, 2.05) is 37.3 Å². The molecule has 106 valence electrons. The molecule has 0 spiro atoms. The van der Waals surface area contributed by atoms with Crippen LogP contribution in [0.4, 0.5) is 0 Å². The van der Waals surface area contributed by atoms with Gasteiger partial charge in [-0.25, -0.2) is 4.98 Å². The van der Waals surface area contributed by atoms with Crippen LogP contribution in [0.1, 0.15) is 11.3 Å². The molecule has 0 unspecified atom stereocenters. The number of rotatable bonds is 3. The molecule has 1 aromatic carbocycles. The zero-order valence-corrected chi connectivity index (χ0v) is 13.0. The maximum absolute atomic E-state index is 12.1. The average molecular weight is 345 g/mol. The number of nitrogens with zero attached hydrogens (tertiary/aromatic N) is 2. The zero-order chi connectivity index (χ0) is 14.8. The van der Waals surface area contributed by atoms with Gasteiger partial charge in [-0.1, -0.05) is 18.2 Å². The van der Waals surface area contributed by atoms with Crippen LogP contribution in [0.15, 0.2) is 57.9 Å². The standard InChI is InChI=1S/C16H13BrN2O2/c1-11-4-2-3-5-14(11)21-10-13-8-16(20)19-9-12(17)6-7-15(19)18-13/h2-9H,10H2,1H3. The Bertz CT molecular complexity index is 858. The van der Waals surface area contributed by atoms with E-state index in [0.29, 0.717) is 11.3 Å². The lowest BCUT2D eigenvalue weighted by atomic mass is 10.2. The molecule has 21 heavy (non-hydrogen) atoms. The molecule has 0 bridgehead atoms. The number of hydrogen-bond acceptors (Lipinski definition) is 3. The molecule has 2 heterocycles. The van der Waals surface area contributed by atoms with E-state index in [-0.39, 0.29) is 12.2 Å². The number of para-hydroxylation sites is 1. The van der Waals surface area contributed by atoms with Crippen LogP contribution in [0, 0.1) is 6.92 Å². The Balaban J connectivity index is 1.90. The molecule has 3 rings (SSSR count). The predicted octanol–water partition coefficient (Wildman–Crippen LogP) is 3.34. The predicted molar refractivity (Wildman–Crippen MR) is 84.7 cm³/mol. The smallest absolute Gasteiger partial charge is 0.258 e. The van der Waals surface area contributed by atoms with Crippen LogP contribution in [0.25, 0.3) is 5.65 Å². The van der Waals surface area contributed by atoms with Crippen molar-refractivity contribution in [1.29, 1.82) is 0 Å². The van der Waals surface area contributed by atoms with E-state index in [9.17, 15) is 4.79 Å². The Morgan fingerprint density at radius 2 is 2.05 bits per heavy atom. The second-order valence-corrected chi connectivity index (χ2v) is 5.63. The summed E-state index contributed by atoms with van der Waals surface area (Å²) in [5, 5.41) is 0. The minimum atomic E-state index is -0.121. The number of aryl methyl sites for hydroxylation is 1. The molecule has 3 aromatic rings. The largest absolute Gasteiger partial charge is 0.487 e. The Morgan fingerprint density at radius 3 is 2.86 bits per heavy atom. The van der Waals surface area contributed by atoms with Gasteiger partial charge in [-0.2, -0.15) is 0 Å². The summed E-state index contributed by atoms with van der Waals surface area (Å²) < 4.78 is 8.07. The lowest BCUT2D eigenvalue weighted by molar-refractivity contribution is 0.299. The Labute approximate surface area is 130 Å². The highest BCUT2D eigenvalue weighted by atomic mass is 79.9. The van der Waals surface area contributed by atoms with Crippen molar-refractivity contribution in [3.63, 3.8) is 0 Å². The monoisotopic (exact) mass is 344 g/mol. The Morgan fingerprint density at radius 1 is 1.24 bits per heavy atom. The molecule has 0 saturated heterocycles. The van der Waals surface area contributed by atoms with Crippen molar-refractivity contribution in [1.82, 2.24) is 9.38 Å². The highest BCUT2D eigenvalue weighted by Gasteiger charge is 2.05. The molecule has 0 aliphatic rings.